The van der Waals surface area contributed by atoms with Crippen LogP contribution in [0.4, 0.5) is 81.6 Å². The van der Waals surface area contributed by atoms with E-state index in [-0.39, 0.29) is 71.2 Å². The van der Waals surface area contributed by atoms with Crippen LogP contribution in [0.5, 0.6) is 11.5 Å². The van der Waals surface area contributed by atoms with Crippen LogP contribution in [-0.2, 0) is 12.4 Å². The third-order valence-electron chi connectivity index (χ3n) is 11.5. The molecule has 2 atom stereocenters. The summed E-state index contributed by atoms with van der Waals surface area (Å²) < 4.78 is 177. The summed E-state index contributed by atoms with van der Waals surface area (Å²) in [5.74, 6) is -6.17. The summed E-state index contributed by atoms with van der Waals surface area (Å²) in [4.78, 5) is 26.9. The fraction of sp³-hybridized carbons (Fsp3) is 0.208. The number of rotatable bonds is 6. The van der Waals surface area contributed by atoms with Crippen molar-refractivity contribution in [3.8, 4) is 22.9 Å². The van der Waals surface area contributed by atoms with E-state index in [0.717, 1.165) is 11.4 Å². The van der Waals surface area contributed by atoms with Gasteiger partial charge in [-0.25, -0.2) is 46.3 Å². The van der Waals surface area contributed by atoms with Crippen molar-refractivity contribution >= 4 is 40.6 Å². The molecule has 0 aliphatic carbocycles. The maximum Gasteiger partial charge on any atom is 0.416 e. The molecule has 2 aliphatic heterocycles. The van der Waals surface area contributed by atoms with Gasteiger partial charge in [0.15, 0.2) is 46.4 Å². The van der Waals surface area contributed by atoms with Crippen LogP contribution >= 0.6 is 11.6 Å². The number of benzene rings is 4. The third kappa shape index (κ3) is 11.6. The quantitative estimate of drug-likeness (QED) is 0.0927. The molecular formula is C48H37ClF12N12O2. The first-order valence-electron chi connectivity index (χ1n) is 21.7. The van der Waals surface area contributed by atoms with Gasteiger partial charge in [-0.2, -0.15) is 36.3 Å². The number of likely N-dealkylation sites (N-methyl/N-ethyl adjacent to an activating group) is 2. The van der Waals surface area contributed by atoms with E-state index in [9.17, 15) is 52.7 Å². The monoisotopic (exact) mass is 1080 g/mol. The van der Waals surface area contributed by atoms with Gasteiger partial charge >= 0.3 is 12.4 Å². The lowest BCUT2D eigenvalue weighted by molar-refractivity contribution is -0.139. The van der Waals surface area contributed by atoms with Crippen molar-refractivity contribution in [2.24, 2.45) is 0 Å². The van der Waals surface area contributed by atoms with Crippen LogP contribution in [0.1, 0.15) is 45.7 Å². The second kappa shape index (κ2) is 20.9. The zero-order chi connectivity index (χ0) is 54.3. The summed E-state index contributed by atoms with van der Waals surface area (Å²) in [5.41, 5.74) is 4.95. The number of ether oxygens (including phenoxy) is 2. The predicted octanol–water partition coefficient (Wildman–Crippen LogP) is 11.6. The lowest BCUT2D eigenvalue weighted by atomic mass is 9.98. The fourth-order valence-electron chi connectivity index (χ4n) is 7.85. The number of halogens is 13. The molecule has 4 aromatic carbocycles. The molecule has 0 spiro atoms. The van der Waals surface area contributed by atoms with Crippen molar-refractivity contribution in [3.63, 3.8) is 0 Å². The van der Waals surface area contributed by atoms with E-state index in [1.807, 2.05) is 6.92 Å². The van der Waals surface area contributed by atoms with Crippen LogP contribution in [0.25, 0.3) is 11.4 Å². The molecule has 0 saturated carbocycles. The van der Waals surface area contributed by atoms with E-state index in [1.165, 1.54) is 65.4 Å². The van der Waals surface area contributed by atoms with E-state index in [0.29, 0.717) is 29.2 Å². The molecule has 0 bridgehead atoms. The van der Waals surface area contributed by atoms with Crippen LogP contribution < -0.4 is 30.3 Å². The Hall–Kier alpha value is -8.29. The molecule has 0 radical (unpaired) electrons. The highest BCUT2D eigenvalue weighted by molar-refractivity contribution is 6.28. The summed E-state index contributed by atoms with van der Waals surface area (Å²) in [6, 6.07) is 8.09. The average Bonchev–Trinajstić information content (AvgIpc) is 3.98. The molecule has 14 nitrogen and oxygen atoms in total. The molecule has 3 N–H and O–H groups in total. The number of nitrogens with one attached hydrogen (secondary N) is 1. The molecule has 75 heavy (non-hydrogen) atoms. The van der Waals surface area contributed by atoms with E-state index < -0.39 is 75.8 Å². The molecule has 10 rings (SSSR count). The first-order valence-corrected chi connectivity index (χ1v) is 22.1. The zero-order valence-electron chi connectivity index (χ0n) is 39.1. The number of nitrogens with two attached hydrogens (primary N) is 1. The molecule has 0 amide bonds. The van der Waals surface area contributed by atoms with Gasteiger partial charge in [0.2, 0.25) is 11.2 Å². The first kappa shape index (κ1) is 53.0. The van der Waals surface area contributed by atoms with E-state index >= 15 is 0 Å². The highest BCUT2D eigenvalue weighted by Crippen LogP contribution is 2.44. The number of hydrogen-bond acceptors (Lipinski definition) is 12. The number of anilines is 5. The summed E-state index contributed by atoms with van der Waals surface area (Å²) in [7, 11) is 2.91. The number of hydrogen-bond donors (Lipinski definition) is 2. The second-order valence-corrected chi connectivity index (χ2v) is 17.0. The van der Waals surface area contributed by atoms with Gasteiger partial charge in [-0.05, 0) is 97.2 Å². The standard InChI is InChI=1S/C24H18F6N6O.C14H9ClF5N3O.C10H10FN3/c1-12-9-36(11-32-12)19-4-3-13(5-18(19)27)33-23-31-8-21-22(34-23)35(2)20(10-37-21)14-6-16(25)17(26)7-15(14)24(28,29)30;1-23-10(5-24-11-4-21-13(15)22-12(11)23)6-2-8(16)9(17)3-7(6)14(18,19)20;1-7-5-14(6-13-7)10-3-2-8(12)4-9(10)11/h3-9,11,20H,10H2,1-2H3,(H,31,33,34);2-4,10H,5H2,1H3;2-6H,12H2,1H3. The normalized spacial score (nSPS) is 15.1. The molecule has 27 heteroatoms. The number of nitrogen functional groups attached to an aromatic ring is 1. The Labute approximate surface area is 422 Å². The molecule has 392 valence electrons. The van der Waals surface area contributed by atoms with Crippen molar-refractivity contribution in [1.82, 2.24) is 39.0 Å². The lowest BCUT2D eigenvalue weighted by Gasteiger charge is -2.36. The number of imidazole rings is 2. The predicted molar refractivity (Wildman–Crippen MR) is 249 cm³/mol. The van der Waals surface area contributed by atoms with Gasteiger partial charge in [-0.3, -0.25) is 0 Å². The summed E-state index contributed by atoms with van der Waals surface area (Å²) in [6.07, 6.45) is -0.695. The number of nitrogens with zero attached hydrogens (tertiary/aromatic N) is 10. The van der Waals surface area contributed by atoms with Gasteiger partial charge < -0.3 is 39.5 Å². The molecule has 0 saturated heterocycles. The van der Waals surface area contributed by atoms with E-state index in [1.54, 1.807) is 48.4 Å². The number of fused-ring (bicyclic) bond motifs is 2. The summed E-state index contributed by atoms with van der Waals surface area (Å²) >= 11 is 5.69. The molecule has 0 fully saturated rings. The molecule has 4 aromatic heterocycles. The Morgan fingerprint density at radius 3 is 1.49 bits per heavy atom. The van der Waals surface area contributed by atoms with Crippen LogP contribution in [-0.4, -0.2) is 66.3 Å². The minimum absolute atomic E-state index is 0.0156. The fourth-order valence-corrected chi connectivity index (χ4v) is 7.98. The smallest absolute Gasteiger partial charge is 0.416 e. The van der Waals surface area contributed by atoms with Gasteiger partial charge in [0.1, 0.15) is 24.8 Å². The minimum Gasteiger partial charge on any atom is -0.486 e. The van der Waals surface area contributed by atoms with Crippen molar-refractivity contribution in [2.45, 2.75) is 38.3 Å². The Balaban J connectivity index is 0.000000167. The topological polar surface area (TPSA) is 150 Å². The van der Waals surface area contributed by atoms with Crippen molar-refractivity contribution < 1.29 is 62.2 Å². The Morgan fingerprint density at radius 1 is 0.587 bits per heavy atom. The molecule has 2 aliphatic rings. The van der Waals surface area contributed by atoms with Gasteiger partial charge in [-0.15, -0.1) is 0 Å². The molecule has 6 heterocycles. The second-order valence-electron chi connectivity index (χ2n) is 16.6. The van der Waals surface area contributed by atoms with Gasteiger partial charge in [0.25, 0.3) is 0 Å². The van der Waals surface area contributed by atoms with Crippen LogP contribution in [0, 0.1) is 48.8 Å². The van der Waals surface area contributed by atoms with Crippen molar-refractivity contribution in [3.05, 3.63) is 172 Å². The van der Waals surface area contributed by atoms with E-state index in [2.05, 4.69) is 35.2 Å². The number of aromatic nitrogens is 8. The van der Waals surface area contributed by atoms with Crippen LogP contribution in [0.2, 0.25) is 5.28 Å². The molecular weight excluding hydrogens is 1040 g/mol. The highest BCUT2D eigenvalue weighted by atomic mass is 35.5. The minimum atomic E-state index is -4.92. The molecule has 2 unspecified atom stereocenters. The average molecular weight is 1080 g/mol. The van der Waals surface area contributed by atoms with Crippen LogP contribution in [0.3, 0.4) is 0 Å². The van der Waals surface area contributed by atoms with Gasteiger partial charge in [0, 0.05) is 37.9 Å². The number of alkyl halides is 6. The van der Waals surface area contributed by atoms with Crippen molar-refractivity contribution in [1.29, 1.82) is 0 Å². The largest absolute Gasteiger partial charge is 0.486 e. The Kier molecular flexibility index (Phi) is 14.8. The lowest BCUT2D eigenvalue weighted by Crippen LogP contribution is -2.36. The van der Waals surface area contributed by atoms with Crippen LogP contribution in [0.15, 0.2) is 98.1 Å². The third-order valence-corrected chi connectivity index (χ3v) is 11.7. The number of aryl methyl sites for hydroxylation is 2. The Morgan fingerprint density at radius 2 is 1.04 bits per heavy atom. The van der Waals surface area contributed by atoms with Crippen molar-refractivity contribution in [2.75, 3.05) is 48.2 Å². The maximum absolute atomic E-state index is 14.7. The van der Waals surface area contributed by atoms with Gasteiger partial charge in [-0.1, -0.05) is 0 Å². The highest BCUT2D eigenvalue weighted by Gasteiger charge is 2.41. The van der Waals surface area contributed by atoms with E-state index in [4.69, 9.17) is 26.8 Å². The SMILES string of the molecule is CN1c2nc(Cl)ncc2OCC1c1cc(F)c(F)cc1C(F)(F)F.Cc1cn(-c2ccc(N)cc2F)cn1.Cc1cn(-c2ccc(Nc3ncc4c(n3)N(C)C(c3cc(F)c(F)cc3C(F)(F)F)CO4)cc2F)cn1. The molecule has 8 aromatic rings. The van der Waals surface area contributed by atoms with Gasteiger partial charge in [0.05, 0.1) is 71.0 Å². The zero-order valence-corrected chi connectivity index (χ0v) is 39.8. The Bertz CT molecular complexity index is 3410. The first-order chi connectivity index (χ1) is 35.4. The summed E-state index contributed by atoms with van der Waals surface area (Å²) in [6.45, 7) is 3.13. The maximum atomic E-state index is 14.7. The summed E-state index contributed by atoms with van der Waals surface area (Å²) in [5, 5.41) is 2.73.